The van der Waals surface area contributed by atoms with Gasteiger partial charge in [-0.1, -0.05) is 30.3 Å². The Hall–Kier alpha value is -3.84. The van der Waals surface area contributed by atoms with Crippen LogP contribution in [-0.2, 0) is 33.4 Å². The van der Waals surface area contributed by atoms with Gasteiger partial charge >= 0.3 is 12.0 Å². The predicted molar refractivity (Wildman–Crippen MR) is 124 cm³/mol. The lowest BCUT2D eigenvalue weighted by molar-refractivity contribution is -0.145. The average molecular weight is 507 g/mol. The minimum absolute atomic E-state index is 0.0980. The largest absolute Gasteiger partial charge is 0.465 e. The van der Waals surface area contributed by atoms with Crippen molar-refractivity contribution in [1.29, 1.82) is 0 Å². The fourth-order valence-corrected chi connectivity index (χ4v) is 3.05. The second-order valence-electron chi connectivity index (χ2n) is 7.53. The van der Waals surface area contributed by atoms with E-state index in [0.717, 1.165) is 0 Å². The molecule has 13 nitrogen and oxygen atoms in total. The summed E-state index contributed by atoms with van der Waals surface area (Å²) in [6, 6.07) is 6.34. The first kappa shape index (κ1) is 28.4. The molecule has 13 heteroatoms. The van der Waals surface area contributed by atoms with E-state index >= 15 is 0 Å². The maximum atomic E-state index is 12.6. The van der Waals surface area contributed by atoms with Crippen molar-refractivity contribution in [2.45, 2.75) is 13.0 Å². The molecule has 36 heavy (non-hydrogen) atoms. The second kappa shape index (κ2) is 15.2. The molecule has 2 rings (SSSR count). The molecule has 1 fully saturated rings. The van der Waals surface area contributed by atoms with Gasteiger partial charge in [-0.05, 0) is 6.92 Å². The Balaban J connectivity index is 1.93. The summed E-state index contributed by atoms with van der Waals surface area (Å²) < 4.78 is 15.2. The van der Waals surface area contributed by atoms with E-state index in [-0.39, 0.29) is 12.4 Å². The van der Waals surface area contributed by atoms with E-state index in [2.05, 4.69) is 20.7 Å². The number of ketones is 2. The van der Waals surface area contributed by atoms with Crippen LogP contribution in [0.25, 0.3) is 0 Å². The van der Waals surface area contributed by atoms with Gasteiger partial charge in [-0.2, -0.15) is 0 Å². The van der Waals surface area contributed by atoms with Crippen molar-refractivity contribution in [2.24, 2.45) is 0 Å². The lowest BCUT2D eigenvalue weighted by atomic mass is 10.1. The Bertz CT molecular complexity index is 933. The van der Waals surface area contributed by atoms with Gasteiger partial charge in [0.2, 0.25) is 11.7 Å². The van der Waals surface area contributed by atoms with Crippen LogP contribution in [0.5, 0.6) is 0 Å². The summed E-state index contributed by atoms with van der Waals surface area (Å²) in [7, 11) is 0. The fourth-order valence-electron chi connectivity index (χ4n) is 3.05. The van der Waals surface area contributed by atoms with Crippen LogP contribution in [0.1, 0.15) is 17.3 Å². The summed E-state index contributed by atoms with van der Waals surface area (Å²) in [5, 5.41) is 6.86. The van der Waals surface area contributed by atoms with E-state index in [0.29, 0.717) is 31.9 Å². The number of nitrogens with one attached hydrogen (secondary N) is 3. The van der Waals surface area contributed by atoms with Gasteiger partial charge in [0.25, 0.3) is 5.91 Å². The highest BCUT2D eigenvalue weighted by atomic mass is 16.5. The van der Waals surface area contributed by atoms with E-state index < -0.39 is 61.9 Å². The number of esters is 1. The summed E-state index contributed by atoms with van der Waals surface area (Å²) >= 11 is 0. The second-order valence-corrected chi connectivity index (χ2v) is 7.53. The van der Waals surface area contributed by atoms with Crippen LogP contribution in [0.2, 0.25) is 0 Å². The minimum Gasteiger partial charge on any atom is -0.465 e. The van der Waals surface area contributed by atoms with Crippen LogP contribution < -0.4 is 16.0 Å². The van der Waals surface area contributed by atoms with Gasteiger partial charge in [0.1, 0.15) is 19.2 Å². The highest BCUT2D eigenvalue weighted by Gasteiger charge is 2.28. The zero-order valence-corrected chi connectivity index (χ0v) is 19.9. The third kappa shape index (κ3) is 9.80. The standard InChI is InChI=1S/C23H30N4O9/c1-2-36-20(30)13-24-22(32)21(31)17(14-35-15-18(28)16-6-4-3-5-7-16)26-19(29)12-25-23(33)27-8-10-34-11-9-27/h3-7,17H,2,8-15H2,1H3,(H,24,32)(H,25,33)(H,26,29). The molecule has 0 aromatic heterocycles. The number of urea groups is 1. The van der Waals surface area contributed by atoms with Crippen molar-refractivity contribution >= 4 is 35.4 Å². The Kier molecular flexibility index (Phi) is 12.0. The summed E-state index contributed by atoms with van der Waals surface area (Å²) in [5.41, 5.74) is 0.391. The first-order chi connectivity index (χ1) is 17.3. The number of Topliss-reactive ketones (excluding diaryl/α,β-unsaturated/α-hetero) is 2. The number of nitrogens with zero attached hydrogens (tertiary/aromatic N) is 1. The SMILES string of the molecule is CCOC(=O)CNC(=O)C(=O)C(COCC(=O)c1ccccc1)NC(=O)CNC(=O)N1CCOCC1. The van der Waals surface area contributed by atoms with Crippen molar-refractivity contribution in [2.75, 3.05) is 59.2 Å². The highest BCUT2D eigenvalue weighted by molar-refractivity contribution is 6.38. The molecular weight excluding hydrogens is 476 g/mol. The molecule has 1 aliphatic heterocycles. The van der Waals surface area contributed by atoms with Crippen LogP contribution in [-0.4, -0.2) is 106 Å². The van der Waals surface area contributed by atoms with Crippen LogP contribution >= 0.6 is 0 Å². The number of ether oxygens (including phenoxy) is 3. The number of hydrogen-bond donors (Lipinski definition) is 3. The van der Waals surface area contributed by atoms with Crippen LogP contribution in [0.3, 0.4) is 0 Å². The zero-order valence-electron chi connectivity index (χ0n) is 19.9. The lowest BCUT2D eigenvalue weighted by Gasteiger charge is -2.27. The molecular formula is C23H30N4O9. The molecule has 1 unspecified atom stereocenters. The average Bonchev–Trinajstić information content (AvgIpc) is 2.90. The van der Waals surface area contributed by atoms with Crippen LogP contribution in [0, 0.1) is 0 Å². The van der Waals surface area contributed by atoms with Crippen molar-refractivity contribution in [3.05, 3.63) is 35.9 Å². The molecule has 196 valence electrons. The first-order valence-corrected chi connectivity index (χ1v) is 11.3. The Morgan fingerprint density at radius 3 is 2.36 bits per heavy atom. The maximum Gasteiger partial charge on any atom is 0.325 e. The van der Waals surface area contributed by atoms with Gasteiger partial charge in [0.05, 0.1) is 33.0 Å². The van der Waals surface area contributed by atoms with E-state index in [1.807, 2.05) is 0 Å². The minimum atomic E-state index is -1.47. The number of rotatable bonds is 13. The number of morpholine rings is 1. The summed E-state index contributed by atoms with van der Waals surface area (Å²) in [6.07, 6.45) is 0. The molecule has 1 aliphatic rings. The zero-order chi connectivity index (χ0) is 26.3. The maximum absolute atomic E-state index is 12.6. The van der Waals surface area contributed by atoms with Crippen LogP contribution in [0.4, 0.5) is 4.79 Å². The van der Waals surface area contributed by atoms with E-state index in [4.69, 9.17) is 9.47 Å². The number of hydrogen-bond acceptors (Lipinski definition) is 9. The van der Waals surface area contributed by atoms with Crippen molar-refractivity contribution < 1.29 is 43.0 Å². The molecule has 1 saturated heterocycles. The molecule has 4 amide bonds. The third-order valence-corrected chi connectivity index (χ3v) is 4.89. The van der Waals surface area contributed by atoms with Gasteiger partial charge in [-0.3, -0.25) is 24.0 Å². The van der Waals surface area contributed by atoms with Gasteiger partial charge in [-0.25, -0.2) is 4.79 Å². The molecule has 1 aromatic rings. The monoisotopic (exact) mass is 506 g/mol. The van der Waals surface area contributed by atoms with Crippen LogP contribution in [0.15, 0.2) is 30.3 Å². The number of amides is 4. The van der Waals surface area contributed by atoms with Crippen molar-refractivity contribution in [3.63, 3.8) is 0 Å². The highest BCUT2D eigenvalue weighted by Crippen LogP contribution is 2.01. The normalized spacial score (nSPS) is 13.8. The molecule has 0 aliphatic carbocycles. The van der Waals surface area contributed by atoms with Gasteiger partial charge in [-0.15, -0.1) is 0 Å². The predicted octanol–water partition coefficient (Wildman–Crippen LogP) is -1.34. The summed E-state index contributed by atoms with van der Waals surface area (Å²) in [6.45, 7) is 1.30. The van der Waals surface area contributed by atoms with Gasteiger partial charge in [0, 0.05) is 18.7 Å². The number of carbonyl (C=O) groups excluding carboxylic acids is 6. The first-order valence-electron chi connectivity index (χ1n) is 11.3. The molecule has 0 spiro atoms. The molecule has 0 bridgehead atoms. The third-order valence-electron chi connectivity index (χ3n) is 4.89. The summed E-state index contributed by atoms with van der Waals surface area (Å²) in [5.74, 6) is -4.11. The fraction of sp³-hybridized carbons (Fsp3) is 0.478. The smallest absolute Gasteiger partial charge is 0.325 e. The Morgan fingerprint density at radius 1 is 1.00 bits per heavy atom. The topological polar surface area (TPSA) is 169 Å². The van der Waals surface area contributed by atoms with Crippen molar-refractivity contribution in [1.82, 2.24) is 20.9 Å². The van der Waals surface area contributed by atoms with Gasteiger partial charge < -0.3 is 35.1 Å². The van der Waals surface area contributed by atoms with Crippen molar-refractivity contribution in [3.8, 4) is 0 Å². The van der Waals surface area contributed by atoms with E-state index in [9.17, 15) is 28.8 Å². The van der Waals surface area contributed by atoms with E-state index in [1.165, 1.54) is 4.90 Å². The van der Waals surface area contributed by atoms with Gasteiger partial charge in [0.15, 0.2) is 5.78 Å². The summed E-state index contributed by atoms with van der Waals surface area (Å²) in [4.78, 5) is 74.6. The molecule has 1 heterocycles. The Morgan fingerprint density at radius 2 is 1.69 bits per heavy atom. The molecule has 3 N–H and O–H groups in total. The molecule has 0 saturated carbocycles. The lowest BCUT2D eigenvalue weighted by Crippen LogP contribution is -2.54. The quantitative estimate of drug-likeness (QED) is 0.166. The number of benzene rings is 1. The molecule has 1 atom stereocenters. The molecule has 0 radical (unpaired) electrons. The molecule has 1 aromatic carbocycles. The number of carbonyl (C=O) groups is 6. The Labute approximate surface area is 207 Å². The van der Waals surface area contributed by atoms with E-state index in [1.54, 1.807) is 37.3 Å².